The van der Waals surface area contributed by atoms with Gasteiger partial charge in [-0.05, 0) is 43.5 Å². The van der Waals surface area contributed by atoms with Crippen LogP contribution in [0.1, 0.15) is 41.3 Å². The van der Waals surface area contributed by atoms with Gasteiger partial charge in [-0.25, -0.2) is 0 Å². The van der Waals surface area contributed by atoms with Gasteiger partial charge in [0.2, 0.25) is 0 Å². The summed E-state index contributed by atoms with van der Waals surface area (Å²) in [4.78, 5) is 11.8. The second-order valence-corrected chi connectivity index (χ2v) is 3.81. The lowest BCUT2D eigenvalue weighted by Gasteiger charge is -2.10. The quantitative estimate of drug-likeness (QED) is 0.706. The lowest BCUT2D eigenvalue weighted by atomic mass is 10.00. The van der Waals surface area contributed by atoms with E-state index in [2.05, 4.69) is 0 Å². The molecule has 0 amide bonds. The molecule has 0 N–H and O–H groups in total. The number of carbonyl (C=O) groups excluding carboxylic acids is 1. The Bertz CT molecular complexity index is 367. The van der Waals surface area contributed by atoms with E-state index >= 15 is 0 Å². The molecule has 0 aromatic heterocycles. The van der Waals surface area contributed by atoms with Crippen LogP contribution in [0.3, 0.4) is 0 Å². The van der Waals surface area contributed by atoms with E-state index in [1.165, 1.54) is 0 Å². The van der Waals surface area contributed by atoms with Crippen LogP contribution in [0.2, 0.25) is 0 Å². The molecular weight excluding hydrogens is 188 g/mol. The predicted molar refractivity (Wildman–Crippen MR) is 61.7 cm³/mol. The van der Waals surface area contributed by atoms with Crippen LogP contribution >= 0.6 is 0 Å². The topological polar surface area (TPSA) is 26.3 Å². The van der Waals surface area contributed by atoms with Crippen molar-refractivity contribution in [2.24, 2.45) is 0 Å². The van der Waals surface area contributed by atoms with Gasteiger partial charge in [-0.15, -0.1) is 0 Å². The summed E-state index contributed by atoms with van der Waals surface area (Å²) in [7, 11) is 1.60. The van der Waals surface area contributed by atoms with Crippen molar-refractivity contribution < 1.29 is 9.53 Å². The Balaban J connectivity index is 3.15. The van der Waals surface area contributed by atoms with E-state index in [4.69, 9.17) is 4.74 Å². The summed E-state index contributed by atoms with van der Waals surface area (Å²) in [6.07, 6.45) is 1.45. The number of methoxy groups -OCH3 is 1. The maximum atomic E-state index is 11.8. The first-order valence-corrected chi connectivity index (χ1v) is 5.28. The number of aryl methyl sites for hydroxylation is 2. The van der Waals surface area contributed by atoms with Crippen molar-refractivity contribution in [1.29, 1.82) is 0 Å². The average molecular weight is 206 g/mol. The van der Waals surface area contributed by atoms with Crippen LogP contribution in [0.4, 0.5) is 0 Å². The van der Waals surface area contributed by atoms with Gasteiger partial charge in [0.1, 0.15) is 5.75 Å². The highest BCUT2D eigenvalue weighted by Gasteiger charge is 2.12. The van der Waals surface area contributed by atoms with Crippen molar-refractivity contribution in [3.05, 3.63) is 28.8 Å². The third-order valence-electron chi connectivity index (χ3n) is 2.59. The molecule has 0 bridgehead atoms. The van der Waals surface area contributed by atoms with Crippen LogP contribution in [0.5, 0.6) is 5.75 Å². The van der Waals surface area contributed by atoms with E-state index in [0.717, 1.165) is 17.5 Å². The first-order valence-electron chi connectivity index (χ1n) is 5.28. The third kappa shape index (κ3) is 2.58. The zero-order valence-electron chi connectivity index (χ0n) is 9.89. The number of rotatable bonds is 4. The van der Waals surface area contributed by atoms with E-state index in [9.17, 15) is 4.79 Å². The average Bonchev–Trinajstić information content (AvgIpc) is 2.21. The molecule has 15 heavy (non-hydrogen) atoms. The number of Topliss-reactive ketones (excluding diaryl/α,β-unsaturated/α-hetero) is 1. The highest BCUT2D eigenvalue weighted by atomic mass is 16.5. The second-order valence-electron chi connectivity index (χ2n) is 3.81. The molecule has 0 aliphatic carbocycles. The Labute approximate surface area is 91.3 Å². The standard InChI is InChI=1S/C13H18O2/c1-5-6-12(14)11-7-9(2)10(3)8-13(11)15-4/h7-8H,5-6H2,1-4H3. The van der Waals surface area contributed by atoms with E-state index in [1.54, 1.807) is 7.11 Å². The van der Waals surface area contributed by atoms with Gasteiger partial charge in [0.25, 0.3) is 0 Å². The molecule has 82 valence electrons. The molecule has 0 radical (unpaired) electrons. The minimum Gasteiger partial charge on any atom is -0.496 e. The van der Waals surface area contributed by atoms with Crippen LogP contribution in [0.15, 0.2) is 12.1 Å². The summed E-state index contributed by atoms with van der Waals surface area (Å²) in [6, 6.07) is 3.85. The Morgan fingerprint density at radius 1 is 1.27 bits per heavy atom. The van der Waals surface area contributed by atoms with E-state index in [1.807, 2.05) is 32.9 Å². The molecule has 0 fully saturated rings. The highest BCUT2D eigenvalue weighted by Crippen LogP contribution is 2.24. The van der Waals surface area contributed by atoms with Gasteiger partial charge < -0.3 is 4.74 Å². The molecular formula is C13H18O2. The molecule has 1 aromatic carbocycles. The fourth-order valence-corrected chi connectivity index (χ4v) is 1.54. The lowest BCUT2D eigenvalue weighted by molar-refractivity contribution is 0.0978. The second kappa shape index (κ2) is 4.96. The minimum absolute atomic E-state index is 0.164. The maximum Gasteiger partial charge on any atom is 0.166 e. The summed E-state index contributed by atoms with van der Waals surface area (Å²) in [5.41, 5.74) is 3.00. The van der Waals surface area contributed by atoms with Gasteiger partial charge in [0, 0.05) is 6.42 Å². The van der Waals surface area contributed by atoms with Crippen LogP contribution in [0, 0.1) is 13.8 Å². The molecule has 0 atom stereocenters. The molecule has 0 heterocycles. The van der Waals surface area contributed by atoms with Gasteiger partial charge in [-0.2, -0.15) is 0 Å². The summed E-state index contributed by atoms with van der Waals surface area (Å²) in [5, 5.41) is 0. The zero-order chi connectivity index (χ0) is 11.4. The van der Waals surface area contributed by atoms with Crippen molar-refractivity contribution in [3.63, 3.8) is 0 Å². The highest BCUT2D eigenvalue weighted by molar-refractivity contribution is 5.98. The molecule has 2 nitrogen and oxygen atoms in total. The molecule has 1 aromatic rings. The summed E-state index contributed by atoms with van der Waals surface area (Å²) < 4.78 is 5.23. The lowest BCUT2D eigenvalue weighted by Crippen LogP contribution is -2.03. The van der Waals surface area contributed by atoms with Crippen LogP contribution < -0.4 is 4.74 Å². The monoisotopic (exact) mass is 206 g/mol. The van der Waals surface area contributed by atoms with E-state index < -0.39 is 0 Å². The first kappa shape index (κ1) is 11.8. The van der Waals surface area contributed by atoms with Crippen LogP contribution in [-0.4, -0.2) is 12.9 Å². The number of hydrogen-bond donors (Lipinski definition) is 0. The molecule has 0 saturated carbocycles. The molecule has 0 saturated heterocycles. The fourth-order valence-electron chi connectivity index (χ4n) is 1.54. The Hall–Kier alpha value is -1.31. The molecule has 0 aliphatic rings. The maximum absolute atomic E-state index is 11.8. The van der Waals surface area contributed by atoms with Crippen LogP contribution in [0.25, 0.3) is 0 Å². The number of benzene rings is 1. The zero-order valence-corrected chi connectivity index (χ0v) is 9.89. The molecule has 0 spiro atoms. The van der Waals surface area contributed by atoms with Gasteiger partial charge in [0.15, 0.2) is 5.78 Å². The number of ether oxygens (including phenoxy) is 1. The first-order chi connectivity index (χ1) is 7.10. The van der Waals surface area contributed by atoms with Crippen molar-refractivity contribution in [2.75, 3.05) is 7.11 Å². The smallest absolute Gasteiger partial charge is 0.166 e. The summed E-state index contributed by atoms with van der Waals surface area (Å²) in [6.45, 7) is 6.04. The molecule has 1 rings (SSSR count). The number of ketones is 1. The van der Waals surface area contributed by atoms with E-state index in [0.29, 0.717) is 17.7 Å². The summed E-state index contributed by atoms with van der Waals surface area (Å²) >= 11 is 0. The molecule has 0 aliphatic heterocycles. The van der Waals surface area contributed by atoms with Crippen LogP contribution in [-0.2, 0) is 0 Å². The number of carbonyl (C=O) groups is 1. The Kier molecular flexibility index (Phi) is 3.89. The SMILES string of the molecule is CCCC(=O)c1cc(C)c(C)cc1OC. The van der Waals surface area contributed by atoms with Gasteiger partial charge >= 0.3 is 0 Å². The molecule has 2 heteroatoms. The fraction of sp³-hybridized carbons (Fsp3) is 0.462. The van der Waals surface area contributed by atoms with Crippen molar-refractivity contribution in [3.8, 4) is 5.75 Å². The number of hydrogen-bond acceptors (Lipinski definition) is 2. The van der Waals surface area contributed by atoms with Gasteiger partial charge in [0.05, 0.1) is 12.7 Å². The Morgan fingerprint density at radius 3 is 2.40 bits per heavy atom. The molecule has 0 unspecified atom stereocenters. The van der Waals surface area contributed by atoms with Crippen molar-refractivity contribution in [2.45, 2.75) is 33.6 Å². The Morgan fingerprint density at radius 2 is 1.87 bits per heavy atom. The van der Waals surface area contributed by atoms with Crippen molar-refractivity contribution in [1.82, 2.24) is 0 Å². The van der Waals surface area contributed by atoms with Crippen molar-refractivity contribution >= 4 is 5.78 Å². The predicted octanol–water partition coefficient (Wildman–Crippen LogP) is 3.29. The van der Waals surface area contributed by atoms with Gasteiger partial charge in [-0.1, -0.05) is 6.92 Å². The largest absolute Gasteiger partial charge is 0.496 e. The van der Waals surface area contributed by atoms with E-state index in [-0.39, 0.29) is 5.78 Å². The van der Waals surface area contributed by atoms with Gasteiger partial charge in [-0.3, -0.25) is 4.79 Å². The third-order valence-corrected chi connectivity index (χ3v) is 2.59. The minimum atomic E-state index is 0.164. The summed E-state index contributed by atoms with van der Waals surface area (Å²) in [5.74, 6) is 0.856. The normalized spacial score (nSPS) is 10.1.